The van der Waals surface area contributed by atoms with Crippen molar-refractivity contribution in [3.8, 4) is 5.88 Å². The van der Waals surface area contributed by atoms with Crippen molar-refractivity contribution in [3.63, 3.8) is 0 Å². The van der Waals surface area contributed by atoms with Gasteiger partial charge in [-0.2, -0.15) is 0 Å². The predicted molar refractivity (Wildman–Crippen MR) is 85.4 cm³/mol. The van der Waals surface area contributed by atoms with Gasteiger partial charge < -0.3 is 5.11 Å². The van der Waals surface area contributed by atoms with Gasteiger partial charge in [0.1, 0.15) is 5.70 Å². The smallest absolute Gasteiger partial charge is 0.260 e. The van der Waals surface area contributed by atoms with E-state index in [2.05, 4.69) is 9.98 Å². The zero-order chi connectivity index (χ0) is 16.0. The second kappa shape index (κ2) is 5.06. The Morgan fingerprint density at radius 1 is 1.36 bits per heavy atom. The lowest BCUT2D eigenvalue weighted by Crippen LogP contribution is -2.41. The van der Waals surface area contributed by atoms with Crippen molar-refractivity contribution < 1.29 is 9.90 Å². The number of ketones is 1. The molecule has 112 valence electrons. The zero-order valence-electron chi connectivity index (χ0n) is 12.4. The Hall–Kier alpha value is -2.47. The fourth-order valence-corrected chi connectivity index (χ4v) is 3.35. The van der Waals surface area contributed by atoms with Crippen LogP contribution in [0.2, 0.25) is 0 Å². The van der Waals surface area contributed by atoms with Crippen molar-refractivity contribution in [2.75, 3.05) is 0 Å². The van der Waals surface area contributed by atoms with Gasteiger partial charge in [-0.25, -0.2) is 4.99 Å². The second-order valence-corrected chi connectivity index (χ2v) is 6.49. The Balaban J connectivity index is 2.38. The van der Waals surface area contributed by atoms with E-state index in [9.17, 15) is 14.7 Å². The highest BCUT2D eigenvalue weighted by molar-refractivity contribution is 7.12. The Morgan fingerprint density at radius 2 is 2.09 bits per heavy atom. The minimum absolute atomic E-state index is 0.196. The van der Waals surface area contributed by atoms with Gasteiger partial charge >= 0.3 is 0 Å². The van der Waals surface area contributed by atoms with E-state index in [-0.39, 0.29) is 17.4 Å². The van der Waals surface area contributed by atoms with Gasteiger partial charge in [-0.15, -0.1) is 11.3 Å². The lowest BCUT2D eigenvalue weighted by atomic mass is 10.1. The first-order valence-electron chi connectivity index (χ1n) is 6.73. The number of pyridine rings is 1. The Bertz CT molecular complexity index is 1010. The van der Waals surface area contributed by atoms with Gasteiger partial charge in [-0.05, 0) is 37.6 Å². The number of hydrogen-bond acceptors (Lipinski definition) is 5. The van der Waals surface area contributed by atoms with Crippen molar-refractivity contribution in [1.29, 1.82) is 0 Å². The highest BCUT2D eigenvalue weighted by Gasteiger charge is 2.22. The molecule has 0 spiro atoms. The second-order valence-electron chi connectivity index (χ2n) is 5.17. The van der Waals surface area contributed by atoms with Crippen molar-refractivity contribution >= 4 is 28.8 Å². The molecule has 1 aliphatic rings. The monoisotopic (exact) mass is 314 g/mol. The SMILES string of the molecule is CC(=O)C1=C(C)c2c(O)[nH]c(=O)/c(=C/c3ccc(C)s3)c2=N1. The number of fused-ring (bicyclic) bond motifs is 1. The number of rotatable bonds is 2. The van der Waals surface area contributed by atoms with Crippen molar-refractivity contribution in [3.05, 3.63) is 54.1 Å². The summed E-state index contributed by atoms with van der Waals surface area (Å²) >= 11 is 1.56. The first-order chi connectivity index (χ1) is 10.4. The molecule has 0 aromatic carbocycles. The minimum Gasteiger partial charge on any atom is -0.494 e. The van der Waals surface area contributed by atoms with E-state index >= 15 is 0 Å². The van der Waals surface area contributed by atoms with E-state index in [4.69, 9.17) is 0 Å². The molecule has 0 amide bonds. The Morgan fingerprint density at radius 3 is 2.68 bits per heavy atom. The predicted octanol–water partition coefficient (Wildman–Crippen LogP) is 1.23. The van der Waals surface area contributed by atoms with Gasteiger partial charge in [0, 0.05) is 16.7 Å². The van der Waals surface area contributed by atoms with E-state index in [1.807, 2.05) is 19.1 Å². The third kappa shape index (κ3) is 2.21. The van der Waals surface area contributed by atoms with Crippen LogP contribution in [-0.2, 0) is 4.79 Å². The van der Waals surface area contributed by atoms with Crippen LogP contribution in [0.3, 0.4) is 0 Å². The number of aromatic nitrogens is 1. The van der Waals surface area contributed by atoms with E-state index in [1.54, 1.807) is 24.3 Å². The summed E-state index contributed by atoms with van der Waals surface area (Å²) in [6, 6.07) is 3.88. The van der Waals surface area contributed by atoms with Gasteiger partial charge in [0.05, 0.1) is 16.1 Å². The molecule has 0 saturated carbocycles. The van der Waals surface area contributed by atoms with Gasteiger partial charge in [0.2, 0.25) is 5.88 Å². The van der Waals surface area contributed by atoms with Crippen LogP contribution in [0.4, 0.5) is 0 Å². The number of H-pyrrole nitrogens is 1. The molecule has 2 aromatic rings. The first-order valence-corrected chi connectivity index (χ1v) is 7.54. The van der Waals surface area contributed by atoms with Gasteiger partial charge in [-0.3, -0.25) is 14.6 Å². The molecule has 0 saturated heterocycles. The summed E-state index contributed by atoms with van der Waals surface area (Å²) in [5, 5.41) is 10.7. The summed E-state index contributed by atoms with van der Waals surface area (Å²) in [5.74, 6) is -0.449. The molecule has 5 nitrogen and oxygen atoms in total. The standard InChI is InChI=1S/C16H14N2O3S/c1-7-4-5-10(22-7)6-11-14-12(16(21)18-15(11)20)8(2)13(17-14)9(3)19/h4-6,21H,1-3H3,(H,18,20)/b11-6+. The van der Waals surface area contributed by atoms with Crippen LogP contribution >= 0.6 is 11.3 Å². The number of aryl methyl sites for hydroxylation is 1. The van der Waals surface area contributed by atoms with Crippen LogP contribution < -0.4 is 16.1 Å². The Labute approximate surface area is 130 Å². The van der Waals surface area contributed by atoms with Gasteiger partial charge in [0.15, 0.2) is 5.78 Å². The van der Waals surface area contributed by atoms with E-state index < -0.39 is 5.56 Å². The largest absolute Gasteiger partial charge is 0.494 e. The van der Waals surface area contributed by atoms with Gasteiger partial charge in [-0.1, -0.05) is 0 Å². The molecule has 3 heterocycles. The number of allylic oxidation sites excluding steroid dienone is 2. The normalized spacial score (nSPS) is 14.2. The molecule has 0 atom stereocenters. The molecule has 0 unspecified atom stereocenters. The summed E-state index contributed by atoms with van der Waals surface area (Å²) in [6.07, 6.45) is 1.73. The number of thiophene rings is 1. The topological polar surface area (TPSA) is 82.5 Å². The quantitative estimate of drug-likeness (QED) is 0.874. The lowest BCUT2D eigenvalue weighted by molar-refractivity contribution is -0.113. The van der Waals surface area contributed by atoms with Crippen molar-refractivity contribution in [2.45, 2.75) is 20.8 Å². The highest BCUT2D eigenvalue weighted by atomic mass is 32.1. The summed E-state index contributed by atoms with van der Waals surface area (Å²) in [4.78, 5) is 32.6. The molecule has 3 rings (SSSR count). The van der Waals surface area contributed by atoms with Crippen LogP contribution in [0.25, 0.3) is 11.6 Å². The molecule has 0 radical (unpaired) electrons. The molecule has 0 fully saturated rings. The van der Waals surface area contributed by atoms with Crippen LogP contribution in [0.1, 0.15) is 29.2 Å². The third-order valence-electron chi connectivity index (χ3n) is 3.54. The molecule has 22 heavy (non-hydrogen) atoms. The minimum atomic E-state index is -0.427. The Kier molecular flexibility index (Phi) is 3.33. The first kappa shape index (κ1) is 14.5. The molecule has 1 aliphatic heterocycles. The average Bonchev–Trinajstić information content (AvgIpc) is 2.98. The molecular formula is C16H14N2O3S. The van der Waals surface area contributed by atoms with Crippen molar-refractivity contribution in [2.24, 2.45) is 4.99 Å². The number of aromatic hydroxyl groups is 1. The zero-order valence-corrected chi connectivity index (χ0v) is 13.2. The molecule has 6 heteroatoms. The van der Waals surface area contributed by atoms with E-state index in [0.717, 1.165) is 9.75 Å². The number of nitrogens with zero attached hydrogens (tertiary/aromatic N) is 1. The number of nitrogens with one attached hydrogen (secondary N) is 1. The van der Waals surface area contributed by atoms with Crippen LogP contribution in [-0.4, -0.2) is 15.9 Å². The fourth-order valence-electron chi connectivity index (χ4n) is 2.53. The lowest BCUT2D eigenvalue weighted by Gasteiger charge is -2.01. The maximum atomic E-state index is 12.2. The number of carbonyl (C=O) groups is 1. The fraction of sp³-hybridized carbons (Fsp3) is 0.188. The molecular weight excluding hydrogens is 300 g/mol. The summed E-state index contributed by atoms with van der Waals surface area (Å²) < 4.78 is 0. The third-order valence-corrected chi connectivity index (χ3v) is 4.49. The van der Waals surface area contributed by atoms with Crippen molar-refractivity contribution in [1.82, 2.24) is 4.98 Å². The molecule has 2 N–H and O–H groups in total. The highest BCUT2D eigenvalue weighted by Crippen LogP contribution is 2.25. The van der Waals surface area contributed by atoms with E-state index in [0.29, 0.717) is 21.7 Å². The maximum Gasteiger partial charge on any atom is 0.260 e. The van der Waals surface area contributed by atoms with Crippen LogP contribution in [0.15, 0.2) is 27.6 Å². The van der Waals surface area contributed by atoms with E-state index in [1.165, 1.54) is 6.92 Å². The maximum absolute atomic E-state index is 12.2. The number of Topliss-reactive ketones (excluding diaryl/α,β-unsaturated/α-hetero) is 1. The summed E-state index contributed by atoms with van der Waals surface area (Å²) in [5.41, 5.74) is 0.850. The number of carbonyl (C=O) groups excluding carboxylic acids is 1. The summed E-state index contributed by atoms with van der Waals surface area (Å²) in [7, 11) is 0. The molecule has 0 aliphatic carbocycles. The van der Waals surface area contributed by atoms with Crippen LogP contribution in [0, 0.1) is 6.92 Å². The number of aromatic amines is 1. The number of hydrogen-bond donors (Lipinski definition) is 2. The molecule has 2 aromatic heterocycles. The van der Waals surface area contributed by atoms with Crippen LogP contribution in [0.5, 0.6) is 5.88 Å². The summed E-state index contributed by atoms with van der Waals surface area (Å²) in [6.45, 7) is 5.11. The average molecular weight is 314 g/mol. The van der Waals surface area contributed by atoms with Gasteiger partial charge in [0.25, 0.3) is 5.56 Å². The molecule has 0 bridgehead atoms.